The van der Waals surface area contributed by atoms with Crippen molar-refractivity contribution < 1.29 is 0 Å². The van der Waals surface area contributed by atoms with Crippen molar-refractivity contribution in [3.63, 3.8) is 0 Å². The van der Waals surface area contributed by atoms with E-state index in [2.05, 4.69) is 44.8 Å². The molecular formula is C17H36N2. The second-order valence-corrected chi connectivity index (χ2v) is 7.57. The molecule has 1 fully saturated rings. The molecule has 0 aromatic rings. The molecule has 1 aliphatic rings. The van der Waals surface area contributed by atoms with Crippen molar-refractivity contribution in [1.82, 2.24) is 10.2 Å². The van der Waals surface area contributed by atoms with Gasteiger partial charge in [-0.1, -0.05) is 47.5 Å². The van der Waals surface area contributed by atoms with Crippen molar-refractivity contribution in [1.29, 1.82) is 0 Å². The topological polar surface area (TPSA) is 15.3 Å². The van der Waals surface area contributed by atoms with Gasteiger partial charge in [-0.15, -0.1) is 0 Å². The summed E-state index contributed by atoms with van der Waals surface area (Å²) in [5.41, 5.74) is 0.382. The fraction of sp³-hybridized carbons (Fsp3) is 1.00. The van der Waals surface area contributed by atoms with Crippen LogP contribution in [-0.4, -0.2) is 37.1 Å². The highest BCUT2D eigenvalue weighted by atomic mass is 15.2. The summed E-state index contributed by atoms with van der Waals surface area (Å²) in [5, 5.41) is 3.64. The van der Waals surface area contributed by atoms with Crippen LogP contribution in [0, 0.1) is 11.3 Å². The molecule has 0 amide bonds. The van der Waals surface area contributed by atoms with Crippen molar-refractivity contribution in [3.05, 3.63) is 0 Å². The lowest BCUT2D eigenvalue weighted by molar-refractivity contribution is 0.125. The van der Waals surface area contributed by atoms with Crippen molar-refractivity contribution in [3.8, 4) is 0 Å². The van der Waals surface area contributed by atoms with E-state index in [4.69, 9.17) is 0 Å². The summed E-state index contributed by atoms with van der Waals surface area (Å²) in [5.74, 6) is 0.748. The average Bonchev–Trinajstić information content (AvgIpc) is 2.52. The van der Waals surface area contributed by atoms with Gasteiger partial charge in [0.2, 0.25) is 0 Å². The minimum atomic E-state index is 0.382. The highest BCUT2D eigenvalue weighted by molar-refractivity contribution is 4.82. The van der Waals surface area contributed by atoms with E-state index < -0.39 is 0 Å². The monoisotopic (exact) mass is 268 g/mol. The van der Waals surface area contributed by atoms with Gasteiger partial charge in [0.1, 0.15) is 0 Å². The lowest BCUT2D eigenvalue weighted by Crippen LogP contribution is -2.45. The minimum Gasteiger partial charge on any atom is -0.316 e. The zero-order valence-corrected chi connectivity index (χ0v) is 14.0. The Labute approximate surface area is 121 Å². The van der Waals surface area contributed by atoms with E-state index in [1.165, 1.54) is 45.2 Å². The Bertz CT molecular complexity index is 235. The maximum atomic E-state index is 3.64. The quantitative estimate of drug-likeness (QED) is 0.753. The van der Waals surface area contributed by atoms with Gasteiger partial charge in [-0.2, -0.15) is 0 Å². The van der Waals surface area contributed by atoms with E-state index in [1.807, 2.05) is 0 Å². The number of nitrogens with one attached hydrogen (secondary N) is 1. The van der Waals surface area contributed by atoms with Gasteiger partial charge in [0.15, 0.2) is 0 Å². The predicted octanol–water partition coefficient (Wildman–Crippen LogP) is 3.91. The molecule has 1 rings (SSSR count). The molecule has 19 heavy (non-hydrogen) atoms. The molecule has 0 saturated carbocycles. The van der Waals surface area contributed by atoms with Crippen LogP contribution in [0.25, 0.3) is 0 Å². The summed E-state index contributed by atoms with van der Waals surface area (Å²) in [4.78, 5) is 2.77. The molecule has 1 N–H and O–H groups in total. The van der Waals surface area contributed by atoms with Crippen molar-refractivity contribution in [2.24, 2.45) is 11.3 Å². The minimum absolute atomic E-state index is 0.382. The standard InChI is InChI=1S/C17H36N2/c1-6-16-10-8-7-9-11-19(16)14-17(4,5)13-18-12-15(2)3/h15-16,18H,6-14H2,1-5H3. The van der Waals surface area contributed by atoms with Gasteiger partial charge in [0.25, 0.3) is 0 Å². The number of hydrogen-bond acceptors (Lipinski definition) is 2. The number of likely N-dealkylation sites (tertiary alicyclic amines) is 1. The highest BCUT2D eigenvalue weighted by Crippen LogP contribution is 2.24. The van der Waals surface area contributed by atoms with Crippen LogP contribution in [0.3, 0.4) is 0 Å². The summed E-state index contributed by atoms with van der Waals surface area (Å²) in [6, 6.07) is 0.826. The molecule has 0 aliphatic carbocycles. The Morgan fingerprint density at radius 1 is 1.21 bits per heavy atom. The fourth-order valence-corrected chi connectivity index (χ4v) is 3.21. The molecule has 2 heteroatoms. The smallest absolute Gasteiger partial charge is 0.00928 e. The SMILES string of the molecule is CCC1CCCCCN1CC(C)(C)CNCC(C)C. The van der Waals surface area contributed by atoms with E-state index in [1.54, 1.807) is 0 Å². The van der Waals surface area contributed by atoms with Gasteiger partial charge in [0, 0.05) is 19.1 Å². The van der Waals surface area contributed by atoms with Crippen LogP contribution in [0.15, 0.2) is 0 Å². The Morgan fingerprint density at radius 2 is 1.95 bits per heavy atom. The van der Waals surface area contributed by atoms with Crippen LogP contribution in [0.5, 0.6) is 0 Å². The third kappa shape index (κ3) is 6.76. The van der Waals surface area contributed by atoms with E-state index >= 15 is 0 Å². The summed E-state index contributed by atoms with van der Waals surface area (Å²) in [7, 11) is 0. The molecule has 1 saturated heterocycles. The van der Waals surface area contributed by atoms with Gasteiger partial charge in [-0.25, -0.2) is 0 Å². The highest BCUT2D eigenvalue weighted by Gasteiger charge is 2.26. The lowest BCUT2D eigenvalue weighted by Gasteiger charge is -2.37. The lowest BCUT2D eigenvalue weighted by atomic mass is 9.91. The second-order valence-electron chi connectivity index (χ2n) is 7.57. The summed E-state index contributed by atoms with van der Waals surface area (Å²) in [6.45, 7) is 16.6. The molecular weight excluding hydrogens is 232 g/mol. The molecule has 0 spiro atoms. The Morgan fingerprint density at radius 3 is 2.58 bits per heavy atom. The van der Waals surface area contributed by atoms with E-state index in [9.17, 15) is 0 Å². The first-order chi connectivity index (χ1) is 8.94. The molecule has 0 bridgehead atoms. The van der Waals surface area contributed by atoms with Crippen LogP contribution >= 0.6 is 0 Å². The van der Waals surface area contributed by atoms with E-state index in [-0.39, 0.29) is 0 Å². The maximum Gasteiger partial charge on any atom is 0.00928 e. The normalized spacial score (nSPS) is 22.7. The van der Waals surface area contributed by atoms with E-state index in [0.29, 0.717) is 5.41 Å². The summed E-state index contributed by atoms with van der Waals surface area (Å²) >= 11 is 0. The zero-order chi connectivity index (χ0) is 14.3. The van der Waals surface area contributed by atoms with E-state index in [0.717, 1.165) is 25.0 Å². The van der Waals surface area contributed by atoms with Gasteiger partial charge in [-0.05, 0) is 43.7 Å². The van der Waals surface area contributed by atoms with Crippen LogP contribution in [0.4, 0.5) is 0 Å². The molecule has 0 radical (unpaired) electrons. The Hall–Kier alpha value is -0.0800. The van der Waals surface area contributed by atoms with Crippen molar-refractivity contribution in [2.45, 2.75) is 72.8 Å². The summed E-state index contributed by atoms with van der Waals surface area (Å²) in [6.07, 6.45) is 6.98. The molecule has 1 atom stereocenters. The number of rotatable bonds is 7. The van der Waals surface area contributed by atoms with Crippen LogP contribution in [-0.2, 0) is 0 Å². The molecule has 1 heterocycles. The van der Waals surface area contributed by atoms with Gasteiger partial charge < -0.3 is 5.32 Å². The largest absolute Gasteiger partial charge is 0.316 e. The second kappa shape index (κ2) is 8.26. The van der Waals surface area contributed by atoms with Gasteiger partial charge >= 0.3 is 0 Å². The van der Waals surface area contributed by atoms with Crippen LogP contribution in [0.1, 0.15) is 66.7 Å². The fourth-order valence-electron chi connectivity index (χ4n) is 3.21. The van der Waals surface area contributed by atoms with Crippen LogP contribution < -0.4 is 5.32 Å². The third-order valence-corrected chi connectivity index (χ3v) is 4.26. The molecule has 1 aliphatic heterocycles. The first-order valence-corrected chi connectivity index (χ1v) is 8.39. The molecule has 0 aromatic carbocycles. The van der Waals surface area contributed by atoms with Crippen molar-refractivity contribution in [2.75, 3.05) is 26.2 Å². The van der Waals surface area contributed by atoms with Gasteiger partial charge in [0.05, 0.1) is 0 Å². The zero-order valence-electron chi connectivity index (χ0n) is 14.0. The molecule has 2 nitrogen and oxygen atoms in total. The average molecular weight is 268 g/mol. The molecule has 1 unspecified atom stereocenters. The van der Waals surface area contributed by atoms with Crippen molar-refractivity contribution >= 4 is 0 Å². The Kier molecular flexibility index (Phi) is 7.38. The predicted molar refractivity (Wildman–Crippen MR) is 85.6 cm³/mol. The third-order valence-electron chi connectivity index (χ3n) is 4.26. The number of hydrogen-bond donors (Lipinski definition) is 1. The Balaban J connectivity index is 2.44. The van der Waals surface area contributed by atoms with Crippen LogP contribution in [0.2, 0.25) is 0 Å². The van der Waals surface area contributed by atoms with Gasteiger partial charge in [-0.3, -0.25) is 4.90 Å². The number of nitrogens with zero attached hydrogens (tertiary/aromatic N) is 1. The molecule has 114 valence electrons. The first-order valence-electron chi connectivity index (χ1n) is 8.39. The maximum absolute atomic E-state index is 3.64. The summed E-state index contributed by atoms with van der Waals surface area (Å²) < 4.78 is 0. The molecule has 0 aromatic heterocycles. The first kappa shape index (κ1) is 17.0.